The lowest BCUT2D eigenvalue weighted by Crippen LogP contribution is -2.42. The van der Waals surface area contributed by atoms with Gasteiger partial charge in [-0.1, -0.05) is 61.9 Å². The summed E-state index contributed by atoms with van der Waals surface area (Å²) in [7, 11) is 0. The molecule has 3 aromatic rings. The van der Waals surface area contributed by atoms with Crippen molar-refractivity contribution >= 4 is 64.1 Å². The molecular weight excluding hydrogens is 457 g/mol. The number of thiophene rings is 1. The molecule has 0 spiro atoms. The second-order valence-corrected chi connectivity index (χ2v) is 10.4. The number of hydrogen-bond acceptors (Lipinski definition) is 4. The third-order valence-corrected chi connectivity index (χ3v) is 8.04. The van der Waals surface area contributed by atoms with Crippen LogP contribution >= 0.6 is 48.4 Å². The molecule has 1 aromatic heterocycles. The molecule has 0 atom stereocenters. The van der Waals surface area contributed by atoms with Crippen molar-refractivity contribution in [2.45, 2.75) is 42.4 Å². The average Bonchev–Trinajstić information content (AvgIpc) is 3.34. The SMILES string of the molecule is S=C(NCC1(c2ccc(S)cc2)CCCCC1)c1ccc(NC(=S)c2cccs2)cc1. The number of anilines is 1. The summed E-state index contributed by atoms with van der Waals surface area (Å²) in [6, 6.07) is 20.9. The van der Waals surface area contributed by atoms with Gasteiger partial charge < -0.3 is 10.6 Å². The first-order chi connectivity index (χ1) is 15.1. The number of rotatable bonds is 6. The number of nitrogens with one attached hydrogen (secondary N) is 2. The van der Waals surface area contributed by atoms with Crippen LogP contribution in [0.1, 0.15) is 48.1 Å². The van der Waals surface area contributed by atoms with Crippen LogP contribution in [0.4, 0.5) is 5.69 Å². The third-order valence-electron chi connectivity index (χ3n) is 6.03. The lowest BCUT2D eigenvalue weighted by molar-refractivity contribution is 0.292. The zero-order valence-electron chi connectivity index (χ0n) is 17.3. The molecule has 31 heavy (non-hydrogen) atoms. The van der Waals surface area contributed by atoms with Gasteiger partial charge in [0.1, 0.15) is 9.98 Å². The van der Waals surface area contributed by atoms with Crippen LogP contribution in [0.2, 0.25) is 0 Å². The number of thiol groups is 1. The molecule has 1 aliphatic rings. The fourth-order valence-electron chi connectivity index (χ4n) is 4.27. The molecule has 0 radical (unpaired) electrons. The van der Waals surface area contributed by atoms with E-state index in [-0.39, 0.29) is 5.41 Å². The molecule has 1 fully saturated rings. The van der Waals surface area contributed by atoms with Crippen LogP contribution in [0.5, 0.6) is 0 Å². The van der Waals surface area contributed by atoms with E-state index >= 15 is 0 Å². The van der Waals surface area contributed by atoms with Crippen LogP contribution in [-0.2, 0) is 5.41 Å². The second kappa shape index (κ2) is 10.3. The minimum Gasteiger partial charge on any atom is -0.375 e. The molecule has 0 amide bonds. The van der Waals surface area contributed by atoms with Crippen molar-refractivity contribution in [1.29, 1.82) is 0 Å². The van der Waals surface area contributed by atoms with Gasteiger partial charge in [-0.05, 0) is 66.2 Å². The number of hydrogen-bond donors (Lipinski definition) is 3. The summed E-state index contributed by atoms with van der Waals surface area (Å²) in [4.78, 5) is 3.61. The van der Waals surface area contributed by atoms with Crippen LogP contribution in [0.15, 0.2) is 70.9 Å². The predicted octanol–water partition coefficient (Wildman–Crippen LogP) is 6.99. The molecule has 2 N–H and O–H groups in total. The Morgan fingerprint density at radius 1 is 0.903 bits per heavy atom. The Bertz CT molecular complexity index is 1020. The zero-order valence-corrected chi connectivity index (χ0v) is 20.6. The Hall–Kier alpha value is -1.73. The summed E-state index contributed by atoms with van der Waals surface area (Å²) >= 11 is 17.3. The van der Waals surface area contributed by atoms with Crippen LogP contribution in [0.3, 0.4) is 0 Å². The fraction of sp³-hybridized carbons (Fsp3) is 0.280. The first kappa shape index (κ1) is 22.5. The minimum atomic E-state index is 0.137. The van der Waals surface area contributed by atoms with Gasteiger partial charge in [0.25, 0.3) is 0 Å². The molecule has 4 rings (SSSR count). The monoisotopic (exact) mass is 482 g/mol. The van der Waals surface area contributed by atoms with Gasteiger partial charge in [0.15, 0.2) is 0 Å². The van der Waals surface area contributed by atoms with Crippen LogP contribution < -0.4 is 10.6 Å². The molecule has 2 nitrogen and oxygen atoms in total. The normalized spacial score (nSPS) is 15.3. The highest BCUT2D eigenvalue weighted by Gasteiger charge is 2.33. The maximum atomic E-state index is 5.74. The van der Waals surface area contributed by atoms with Gasteiger partial charge in [0.05, 0.1) is 4.88 Å². The standard InChI is InChI=1S/C25H26N2S4/c28-21-12-8-19(9-13-21)25(14-2-1-3-15-25)17-26-23(29)18-6-10-20(11-7-18)27-24(30)22-5-4-16-31-22/h4-13,16,28H,1-3,14-15,17H2,(H,26,29)(H,27,30). The summed E-state index contributed by atoms with van der Waals surface area (Å²) in [6.07, 6.45) is 6.23. The topological polar surface area (TPSA) is 24.1 Å². The van der Waals surface area contributed by atoms with Crippen molar-refractivity contribution in [3.63, 3.8) is 0 Å². The molecule has 1 saturated carbocycles. The van der Waals surface area contributed by atoms with Crippen molar-refractivity contribution in [3.8, 4) is 0 Å². The quantitative estimate of drug-likeness (QED) is 0.260. The molecule has 0 saturated heterocycles. The largest absolute Gasteiger partial charge is 0.375 e. The minimum absolute atomic E-state index is 0.137. The van der Waals surface area contributed by atoms with E-state index < -0.39 is 0 Å². The summed E-state index contributed by atoms with van der Waals surface area (Å²) in [6.45, 7) is 0.861. The highest BCUT2D eigenvalue weighted by molar-refractivity contribution is 7.81. The Kier molecular flexibility index (Phi) is 7.43. The smallest absolute Gasteiger partial charge is 0.121 e. The first-order valence-electron chi connectivity index (χ1n) is 10.6. The van der Waals surface area contributed by atoms with Crippen molar-refractivity contribution in [3.05, 3.63) is 82.0 Å². The highest BCUT2D eigenvalue weighted by Crippen LogP contribution is 2.39. The van der Waals surface area contributed by atoms with Crippen LogP contribution in [0.25, 0.3) is 0 Å². The van der Waals surface area contributed by atoms with Gasteiger partial charge in [-0.3, -0.25) is 0 Å². The first-order valence-corrected chi connectivity index (χ1v) is 12.7. The van der Waals surface area contributed by atoms with Crippen LogP contribution in [-0.4, -0.2) is 16.5 Å². The van der Waals surface area contributed by atoms with Crippen LogP contribution in [0, 0.1) is 0 Å². The van der Waals surface area contributed by atoms with Gasteiger partial charge >= 0.3 is 0 Å². The summed E-state index contributed by atoms with van der Waals surface area (Å²) in [5, 5.41) is 8.90. The van der Waals surface area contributed by atoms with E-state index in [0.717, 1.165) is 37.5 Å². The molecule has 1 aliphatic carbocycles. The van der Waals surface area contributed by atoms with E-state index in [1.54, 1.807) is 11.3 Å². The molecule has 0 bridgehead atoms. The van der Waals surface area contributed by atoms with Gasteiger partial charge in [-0.25, -0.2) is 0 Å². The van der Waals surface area contributed by atoms with Gasteiger partial charge in [0, 0.05) is 28.1 Å². The Balaban J connectivity index is 1.41. The van der Waals surface area contributed by atoms with Gasteiger partial charge in [0.2, 0.25) is 0 Å². The fourth-order valence-corrected chi connectivity index (χ4v) is 5.57. The van der Waals surface area contributed by atoms with Gasteiger partial charge in [-0.2, -0.15) is 0 Å². The van der Waals surface area contributed by atoms with E-state index in [2.05, 4.69) is 59.7 Å². The van der Waals surface area contributed by atoms with Crippen molar-refractivity contribution in [1.82, 2.24) is 5.32 Å². The zero-order chi connectivity index (χ0) is 21.7. The molecule has 1 heterocycles. The summed E-state index contributed by atoms with van der Waals surface area (Å²) in [5.41, 5.74) is 3.53. The summed E-state index contributed by atoms with van der Waals surface area (Å²) in [5.74, 6) is 0. The molecule has 0 unspecified atom stereocenters. The number of benzene rings is 2. The van der Waals surface area contributed by atoms with E-state index in [1.807, 2.05) is 29.6 Å². The number of thiocarbonyl (C=S) groups is 2. The van der Waals surface area contributed by atoms with E-state index in [9.17, 15) is 0 Å². The molecule has 160 valence electrons. The Labute approximate surface area is 204 Å². The maximum Gasteiger partial charge on any atom is 0.121 e. The average molecular weight is 483 g/mol. The lowest BCUT2D eigenvalue weighted by Gasteiger charge is -2.38. The summed E-state index contributed by atoms with van der Waals surface area (Å²) < 4.78 is 0. The van der Waals surface area contributed by atoms with Crippen molar-refractivity contribution < 1.29 is 0 Å². The van der Waals surface area contributed by atoms with Crippen molar-refractivity contribution in [2.24, 2.45) is 0 Å². The predicted molar refractivity (Wildman–Crippen MR) is 144 cm³/mol. The molecule has 6 heteroatoms. The second-order valence-electron chi connectivity index (χ2n) is 8.08. The lowest BCUT2D eigenvalue weighted by atomic mass is 9.69. The van der Waals surface area contributed by atoms with E-state index in [4.69, 9.17) is 24.4 Å². The molecular formula is C25H26N2S4. The van der Waals surface area contributed by atoms with Gasteiger partial charge in [-0.15, -0.1) is 24.0 Å². The Morgan fingerprint density at radius 2 is 1.61 bits per heavy atom. The maximum absolute atomic E-state index is 5.74. The molecule has 0 aliphatic heterocycles. The third kappa shape index (κ3) is 5.55. The molecule has 2 aromatic carbocycles. The highest BCUT2D eigenvalue weighted by atomic mass is 32.1. The van der Waals surface area contributed by atoms with E-state index in [1.165, 1.54) is 37.7 Å². The van der Waals surface area contributed by atoms with E-state index in [0.29, 0.717) is 0 Å². The Morgan fingerprint density at radius 3 is 2.26 bits per heavy atom. The van der Waals surface area contributed by atoms with Crippen molar-refractivity contribution in [2.75, 3.05) is 11.9 Å².